The van der Waals surface area contributed by atoms with Gasteiger partial charge in [0.2, 0.25) is 0 Å². The Bertz CT molecular complexity index is 512. The maximum absolute atomic E-state index is 12.2. The lowest BCUT2D eigenvalue weighted by atomic mass is 9.95. The number of amides is 1. The van der Waals surface area contributed by atoms with Gasteiger partial charge in [-0.2, -0.15) is 0 Å². The Kier molecular flexibility index (Phi) is 5.62. The van der Waals surface area contributed by atoms with Gasteiger partial charge in [0.15, 0.2) is 12.4 Å². The number of aldehydes is 1. The number of nitrogens with one attached hydrogen (secondary N) is 1. The molecule has 21 heavy (non-hydrogen) atoms. The summed E-state index contributed by atoms with van der Waals surface area (Å²) < 4.78 is 5.60. The lowest BCUT2D eigenvalue weighted by Crippen LogP contribution is -2.43. The van der Waals surface area contributed by atoms with Crippen molar-refractivity contribution in [1.82, 2.24) is 5.32 Å². The summed E-state index contributed by atoms with van der Waals surface area (Å²) in [5.41, 5.74) is 0.347. The fourth-order valence-corrected chi connectivity index (χ4v) is 2.76. The summed E-state index contributed by atoms with van der Waals surface area (Å²) in [4.78, 5) is 23.2. The minimum Gasteiger partial charge on any atom is -0.479 e. The molecule has 1 aromatic carbocycles. The van der Waals surface area contributed by atoms with Crippen LogP contribution in [0, 0.1) is 0 Å². The van der Waals surface area contributed by atoms with Crippen LogP contribution < -0.4 is 10.1 Å². The first-order valence-corrected chi connectivity index (χ1v) is 7.70. The summed E-state index contributed by atoms with van der Waals surface area (Å²) in [6.45, 7) is 1.66. The number of ether oxygens (including phenoxy) is 1. The number of hydrogen-bond donors (Lipinski definition) is 1. The number of para-hydroxylation sites is 1. The highest BCUT2D eigenvalue weighted by Crippen LogP contribution is 2.28. The zero-order valence-corrected chi connectivity index (χ0v) is 12.9. The summed E-state index contributed by atoms with van der Waals surface area (Å²) in [5, 5.41) is 3.33. The van der Waals surface area contributed by atoms with Crippen LogP contribution >= 0.6 is 11.6 Å². The van der Waals surface area contributed by atoms with Gasteiger partial charge < -0.3 is 10.1 Å². The molecule has 0 spiro atoms. The summed E-state index contributed by atoms with van der Waals surface area (Å²) in [6.07, 6.45) is 5.56. The van der Waals surface area contributed by atoms with E-state index in [2.05, 4.69) is 5.32 Å². The Morgan fingerprint density at radius 1 is 1.38 bits per heavy atom. The predicted octanol–water partition coefficient (Wildman–Crippen LogP) is 3.37. The van der Waals surface area contributed by atoms with E-state index in [1.165, 1.54) is 6.42 Å². The van der Waals surface area contributed by atoms with E-state index in [-0.39, 0.29) is 17.7 Å². The average Bonchev–Trinajstić information content (AvgIpc) is 2.50. The van der Waals surface area contributed by atoms with Crippen molar-refractivity contribution in [2.45, 2.75) is 51.2 Å². The van der Waals surface area contributed by atoms with E-state index in [9.17, 15) is 9.59 Å². The van der Waals surface area contributed by atoms with Crippen LogP contribution in [0.25, 0.3) is 0 Å². The number of carbonyl (C=O) groups excluding carboxylic acids is 2. The standard InChI is InChI=1S/C16H20ClNO3/c1-11(16(20)18-13-7-3-2-4-8-13)21-15-12(10-19)6-5-9-14(15)17/h5-6,9-11,13H,2-4,7-8H2,1H3,(H,18,20). The number of benzene rings is 1. The molecular weight excluding hydrogens is 290 g/mol. The lowest BCUT2D eigenvalue weighted by molar-refractivity contribution is -0.128. The molecule has 1 fully saturated rings. The minimum absolute atomic E-state index is 0.168. The maximum Gasteiger partial charge on any atom is 0.260 e. The van der Waals surface area contributed by atoms with Gasteiger partial charge in [-0.15, -0.1) is 0 Å². The van der Waals surface area contributed by atoms with Crippen molar-refractivity contribution in [3.63, 3.8) is 0 Å². The number of halogens is 1. The van der Waals surface area contributed by atoms with E-state index in [1.54, 1.807) is 25.1 Å². The van der Waals surface area contributed by atoms with Gasteiger partial charge in [0, 0.05) is 6.04 Å². The second kappa shape index (κ2) is 7.46. The molecule has 4 nitrogen and oxygen atoms in total. The summed E-state index contributed by atoms with van der Waals surface area (Å²) in [6, 6.07) is 5.15. The molecule has 1 aromatic rings. The normalized spacial score (nSPS) is 17.0. The van der Waals surface area contributed by atoms with Gasteiger partial charge in [-0.1, -0.05) is 36.9 Å². The van der Waals surface area contributed by atoms with E-state index in [0.29, 0.717) is 16.9 Å². The Morgan fingerprint density at radius 3 is 2.76 bits per heavy atom. The van der Waals surface area contributed by atoms with E-state index in [1.807, 2.05) is 0 Å². The first kappa shape index (κ1) is 15.8. The molecule has 114 valence electrons. The highest BCUT2D eigenvalue weighted by Gasteiger charge is 2.22. The van der Waals surface area contributed by atoms with E-state index in [4.69, 9.17) is 16.3 Å². The van der Waals surface area contributed by atoms with Crippen LogP contribution in [0.5, 0.6) is 5.75 Å². The highest BCUT2D eigenvalue weighted by atomic mass is 35.5. The van der Waals surface area contributed by atoms with Crippen LogP contribution in [0.15, 0.2) is 18.2 Å². The first-order chi connectivity index (χ1) is 10.1. The molecule has 1 N–H and O–H groups in total. The van der Waals surface area contributed by atoms with Crippen LogP contribution in [0.2, 0.25) is 5.02 Å². The molecule has 0 bridgehead atoms. The van der Waals surface area contributed by atoms with Gasteiger partial charge in [-0.3, -0.25) is 9.59 Å². The molecule has 0 aromatic heterocycles. The van der Waals surface area contributed by atoms with E-state index in [0.717, 1.165) is 25.7 Å². The number of hydrogen-bond acceptors (Lipinski definition) is 3. The Morgan fingerprint density at radius 2 is 2.10 bits per heavy atom. The molecule has 0 heterocycles. The second-order valence-electron chi connectivity index (χ2n) is 5.38. The van der Waals surface area contributed by atoms with Crippen molar-refractivity contribution in [2.24, 2.45) is 0 Å². The van der Waals surface area contributed by atoms with Crippen LogP contribution in [0.1, 0.15) is 49.4 Å². The molecule has 1 unspecified atom stereocenters. The topological polar surface area (TPSA) is 55.4 Å². The van der Waals surface area contributed by atoms with Crippen molar-refractivity contribution < 1.29 is 14.3 Å². The molecule has 0 saturated heterocycles. The summed E-state index contributed by atoms with van der Waals surface area (Å²) in [7, 11) is 0. The fraction of sp³-hybridized carbons (Fsp3) is 0.500. The molecule has 1 saturated carbocycles. The largest absolute Gasteiger partial charge is 0.479 e. The third-order valence-electron chi connectivity index (χ3n) is 3.74. The second-order valence-corrected chi connectivity index (χ2v) is 5.79. The smallest absolute Gasteiger partial charge is 0.260 e. The van der Waals surface area contributed by atoms with E-state index >= 15 is 0 Å². The molecule has 2 rings (SSSR count). The summed E-state index contributed by atoms with van der Waals surface area (Å²) in [5.74, 6) is 0.0964. The van der Waals surface area contributed by atoms with Crippen molar-refractivity contribution in [2.75, 3.05) is 0 Å². The zero-order chi connectivity index (χ0) is 15.2. The van der Waals surface area contributed by atoms with Gasteiger partial charge in [0.25, 0.3) is 5.91 Å². The molecule has 0 radical (unpaired) electrons. The van der Waals surface area contributed by atoms with Crippen LogP contribution in [0.3, 0.4) is 0 Å². The predicted molar refractivity (Wildman–Crippen MR) is 81.9 cm³/mol. The van der Waals surface area contributed by atoms with Gasteiger partial charge in [-0.05, 0) is 31.9 Å². The molecule has 5 heteroatoms. The molecule has 1 atom stereocenters. The summed E-state index contributed by atoms with van der Waals surface area (Å²) >= 11 is 6.03. The highest BCUT2D eigenvalue weighted by molar-refractivity contribution is 6.32. The van der Waals surface area contributed by atoms with Gasteiger partial charge in [0.05, 0.1) is 10.6 Å². The Hall–Kier alpha value is -1.55. The van der Waals surface area contributed by atoms with Crippen LogP contribution in [0.4, 0.5) is 0 Å². The lowest BCUT2D eigenvalue weighted by Gasteiger charge is -2.25. The van der Waals surface area contributed by atoms with E-state index < -0.39 is 6.10 Å². The Balaban J connectivity index is 1.98. The molecule has 1 aliphatic carbocycles. The van der Waals surface area contributed by atoms with Crippen molar-refractivity contribution >= 4 is 23.8 Å². The van der Waals surface area contributed by atoms with Crippen LogP contribution in [-0.2, 0) is 4.79 Å². The minimum atomic E-state index is -0.689. The molecule has 0 aliphatic heterocycles. The quantitative estimate of drug-likeness (QED) is 0.848. The van der Waals surface area contributed by atoms with Crippen molar-refractivity contribution in [3.05, 3.63) is 28.8 Å². The third kappa shape index (κ3) is 4.21. The zero-order valence-electron chi connectivity index (χ0n) is 12.1. The SMILES string of the molecule is CC(Oc1c(Cl)cccc1C=O)C(=O)NC1CCCCC1. The Labute approximate surface area is 129 Å². The van der Waals surface area contributed by atoms with Crippen LogP contribution in [-0.4, -0.2) is 24.3 Å². The number of carbonyl (C=O) groups is 2. The maximum atomic E-state index is 12.2. The molecular formula is C16H20ClNO3. The average molecular weight is 310 g/mol. The van der Waals surface area contributed by atoms with Gasteiger partial charge in [-0.25, -0.2) is 0 Å². The monoisotopic (exact) mass is 309 g/mol. The number of rotatable bonds is 5. The molecule has 1 amide bonds. The molecule has 1 aliphatic rings. The third-order valence-corrected chi connectivity index (χ3v) is 4.04. The van der Waals surface area contributed by atoms with Crippen molar-refractivity contribution in [3.8, 4) is 5.75 Å². The first-order valence-electron chi connectivity index (χ1n) is 7.32. The van der Waals surface area contributed by atoms with Gasteiger partial charge >= 0.3 is 0 Å². The van der Waals surface area contributed by atoms with Gasteiger partial charge in [0.1, 0.15) is 5.75 Å². The fourth-order valence-electron chi connectivity index (χ4n) is 2.54. The van der Waals surface area contributed by atoms with Crippen molar-refractivity contribution in [1.29, 1.82) is 0 Å².